The summed E-state index contributed by atoms with van der Waals surface area (Å²) in [6.45, 7) is 0. The molecule has 2 aromatic rings. The van der Waals surface area contributed by atoms with Crippen LogP contribution in [0.2, 0.25) is 0 Å². The van der Waals surface area contributed by atoms with E-state index in [0.29, 0.717) is 0 Å². The number of rotatable bonds is 3. The molecule has 2 rings (SSSR count). The van der Waals surface area contributed by atoms with Crippen LogP contribution in [0.25, 0.3) is 12.2 Å². The van der Waals surface area contributed by atoms with Crippen LogP contribution in [-0.4, -0.2) is 19.1 Å². The van der Waals surface area contributed by atoms with Crippen molar-refractivity contribution in [1.29, 1.82) is 0 Å². The Hall–Kier alpha value is -2.09. The topological polar surface area (TPSA) is 16.1 Å². The number of pyridine rings is 1. The first kappa shape index (κ1) is 11.4. The highest BCUT2D eigenvalue weighted by atomic mass is 15.1. The van der Waals surface area contributed by atoms with Crippen molar-refractivity contribution in [3.63, 3.8) is 0 Å². The Morgan fingerprint density at radius 3 is 2.47 bits per heavy atom. The van der Waals surface area contributed by atoms with Gasteiger partial charge in [-0.2, -0.15) is 0 Å². The lowest BCUT2D eigenvalue weighted by Gasteiger charge is -2.11. The van der Waals surface area contributed by atoms with Crippen molar-refractivity contribution < 1.29 is 0 Å². The third kappa shape index (κ3) is 3.18. The maximum Gasteiger partial charge on any atom is 0.0650 e. The molecule has 0 fully saturated rings. The average molecular weight is 224 g/mol. The van der Waals surface area contributed by atoms with Gasteiger partial charge in [-0.25, -0.2) is 0 Å². The Labute approximate surface area is 102 Å². The molecular formula is C15H16N2. The summed E-state index contributed by atoms with van der Waals surface area (Å²) in [6.07, 6.45) is 5.93. The van der Waals surface area contributed by atoms with Crippen molar-refractivity contribution in [2.75, 3.05) is 19.0 Å². The van der Waals surface area contributed by atoms with Gasteiger partial charge in [0.2, 0.25) is 0 Å². The van der Waals surface area contributed by atoms with Gasteiger partial charge in [-0.3, -0.25) is 4.98 Å². The number of hydrogen-bond donors (Lipinski definition) is 0. The van der Waals surface area contributed by atoms with Crippen molar-refractivity contribution in [2.24, 2.45) is 0 Å². The van der Waals surface area contributed by atoms with E-state index < -0.39 is 0 Å². The minimum atomic E-state index is 0.972. The van der Waals surface area contributed by atoms with E-state index in [0.717, 1.165) is 11.4 Å². The molecule has 0 bridgehead atoms. The summed E-state index contributed by atoms with van der Waals surface area (Å²) in [5, 5.41) is 0. The lowest BCUT2D eigenvalue weighted by molar-refractivity contribution is 1.12. The van der Waals surface area contributed by atoms with Crippen molar-refractivity contribution in [1.82, 2.24) is 4.98 Å². The van der Waals surface area contributed by atoms with Crippen LogP contribution < -0.4 is 4.90 Å². The number of benzene rings is 1. The van der Waals surface area contributed by atoms with Crippen LogP contribution in [0.3, 0.4) is 0 Å². The number of aromatic nitrogens is 1. The molecule has 0 N–H and O–H groups in total. The molecule has 1 heterocycles. The zero-order valence-electron chi connectivity index (χ0n) is 10.2. The SMILES string of the molecule is CN(C)c1ccnc(C=Cc2ccccc2)c1. The van der Waals surface area contributed by atoms with Crippen LogP contribution in [0.5, 0.6) is 0 Å². The zero-order chi connectivity index (χ0) is 12.1. The molecule has 2 nitrogen and oxygen atoms in total. The van der Waals surface area contributed by atoms with Crippen LogP contribution in [0.15, 0.2) is 48.7 Å². The Kier molecular flexibility index (Phi) is 3.55. The molecule has 1 aromatic heterocycles. The molecule has 0 aliphatic rings. The number of nitrogens with zero attached hydrogens (tertiary/aromatic N) is 2. The third-order valence-electron chi connectivity index (χ3n) is 2.53. The quantitative estimate of drug-likeness (QED) is 0.795. The lowest BCUT2D eigenvalue weighted by atomic mass is 10.2. The standard InChI is InChI=1S/C15H16N2/c1-17(2)15-10-11-16-14(12-15)9-8-13-6-4-3-5-7-13/h3-12H,1-2H3. The Bertz CT molecular complexity index is 501. The van der Waals surface area contributed by atoms with E-state index >= 15 is 0 Å². The maximum atomic E-state index is 4.32. The molecular weight excluding hydrogens is 208 g/mol. The highest BCUT2D eigenvalue weighted by Gasteiger charge is 1.95. The Morgan fingerprint density at radius 2 is 1.76 bits per heavy atom. The second-order valence-corrected chi connectivity index (χ2v) is 4.08. The second kappa shape index (κ2) is 5.30. The van der Waals surface area contributed by atoms with Crippen LogP contribution in [0, 0.1) is 0 Å². The van der Waals surface area contributed by atoms with Gasteiger partial charge in [-0.15, -0.1) is 0 Å². The van der Waals surface area contributed by atoms with Gasteiger partial charge in [0.15, 0.2) is 0 Å². The molecule has 0 amide bonds. The first-order valence-electron chi connectivity index (χ1n) is 5.62. The number of hydrogen-bond acceptors (Lipinski definition) is 2. The average Bonchev–Trinajstić information content (AvgIpc) is 2.38. The minimum absolute atomic E-state index is 0.972. The molecule has 0 spiro atoms. The highest BCUT2D eigenvalue weighted by Crippen LogP contribution is 2.13. The minimum Gasteiger partial charge on any atom is -0.378 e. The molecule has 0 radical (unpaired) electrons. The van der Waals surface area contributed by atoms with Gasteiger partial charge in [0, 0.05) is 26.0 Å². The normalized spacial score (nSPS) is 10.7. The van der Waals surface area contributed by atoms with Crippen LogP contribution in [-0.2, 0) is 0 Å². The summed E-state index contributed by atoms with van der Waals surface area (Å²) >= 11 is 0. The van der Waals surface area contributed by atoms with Gasteiger partial charge in [-0.05, 0) is 23.8 Å². The van der Waals surface area contributed by atoms with Crippen molar-refractivity contribution in [3.8, 4) is 0 Å². The van der Waals surface area contributed by atoms with Crippen LogP contribution >= 0.6 is 0 Å². The molecule has 0 aliphatic carbocycles. The van der Waals surface area contributed by atoms with Gasteiger partial charge in [0.05, 0.1) is 5.69 Å². The van der Waals surface area contributed by atoms with Crippen molar-refractivity contribution in [2.45, 2.75) is 0 Å². The van der Waals surface area contributed by atoms with E-state index in [1.54, 1.807) is 0 Å². The Balaban J connectivity index is 2.19. The van der Waals surface area contributed by atoms with Crippen molar-refractivity contribution in [3.05, 3.63) is 59.9 Å². The van der Waals surface area contributed by atoms with E-state index in [2.05, 4.69) is 34.2 Å². The molecule has 0 aliphatic heterocycles. The van der Waals surface area contributed by atoms with Crippen molar-refractivity contribution >= 4 is 17.8 Å². The highest BCUT2D eigenvalue weighted by molar-refractivity contribution is 5.69. The van der Waals surface area contributed by atoms with Crippen LogP contribution in [0.1, 0.15) is 11.3 Å². The fourth-order valence-electron chi connectivity index (χ4n) is 1.55. The molecule has 17 heavy (non-hydrogen) atoms. The summed E-state index contributed by atoms with van der Waals surface area (Å²) in [4.78, 5) is 6.39. The summed E-state index contributed by atoms with van der Waals surface area (Å²) in [5.41, 5.74) is 3.32. The first-order chi connectivity index (χ1) is 8.25. The predicted octanol–water partition coefficient (Wildman–Crippen LogP) is 3.32. The summed E-state index contributed by atoms with van der Waals surface area (Å²) < 4.78 is 0. The van der Waals surface area contributed by atoms with Gasteiger partial charge >= 0.3 is 0 Å². The van der Waals surface area contributed by atoms with E-state index in [-0.39, 0.29) is 0 Å². The molecule has 86 valence electrons. The smallest absolute Gasteiger partial charge is 0.0650 e. The van der Waals surface area contributed by atoms with Gasteiger partial charge in [-0.1, -0.05) is 36.4 Å². The van der Waals surface area contributed by atoms with E-state index in [9.17, 15) is 0 Å². The molecule has 0 saturated heterocycles. The molecule has 0 atom stereocenters. The predicted molar refractivity (Wildman–Crippen MR) is 73.9 cm³/mol. The second-order valence-electron chi connectivity index (χ2n) is 4.08. The fraction of sp³-hybridized carbons (Fsp3) is 0.133. The number of anilines is 1. The summed E-state index contributed by atoms with van der Waals surface area (Å²) in [7, 11) is 4.06. The zero-order valence-corrected chi connectivity index (χ0v) is 10.2. The van der Waals surface area contributed by atoms with Crippen LogP contribution in [0.4, 0.5) is 5.69 Å². The summed E-state index contributed by atoms with van der Waals surface area (Å²) in [5.74, 6) is 0. The lowest BCUT2D eigenvalue weighted by Crippen LogP contribution is -2.08. The van der Waals surface area contributed by atoms with Gasteiger partial charge < -0.3 is 4.90 Å². The molecule has 0 saturated carbocycles. The Morgan fingerprint density at radius 1 is 1.00 bits per heavy atom. The van der Waals surface area contributed by atoms with Gasteiger partial charge in [0.1, 0.15) is 0 Å². The largest absolute Gasteiger partial charge is 0.378 e. The fourth-order valence-corrected chi connectivity index (χ4v) is 1.55. The molecule has 1 aromatic carbocycles. The summed E-state index contributed by atoms with van der Waals surface area (Å²) in [6, 6.07) is 14.3. The third-order valence-corrected chi connectivity index (χ3v) is 2.53. The maximum absolute atomic E-state index is 4.32. The van der Waals surface area contributed by atoms with E-state index in [1.165, 1.54) is 5.56 Å². The van der Waals surface area contributed by atoms with E-state index in [1.807, 2.05) is 50.6 Å². The molecule has 2 heteroatoms. The van der Waals surface area contributed by atoms with Gasteiger partial charge in [0.25, 0.3) is 0 Å². The molecule has 0 unspecified atom stereocenters. The first-order valence-corrected chi connectivity index (χ1v) is 5.62. The monoisotopic (exact) mass is 224 g/mol. The van der Waals surface area contributed by atoms with E-state index in [4.69, 9.17) is 0 Å².